The molecule has 2 atom stereocenters. The van der Waals surface area contributed by atoms with E-state index in [1.807, 2.05) is 24.3 Å². The van der Waals surface area contributed by atoms with Crippen LogP contribution in [0.1, 0.15) is 31.7 Å². The van der Waals surface area contributed by atoms with Crippen LogP contribution in [0, 0.1) is 0 Å². The maximum Gasteiger partial charge on any atom is 0.319 e. The van der Waals surface area contributed by atoms with Gasteiger partial charge in [0.2, 0.25) is 0 Å². The van der Waals surface area contributed by atoms with Crippen molar-refractivity contribution in [1.82, 2.24) is 20.1 Å². The van der Waals surface area contributed by atoms with E-state index in [1.54, 1.807) is 11.0 Å². The molecule has 0 radical (unpaired) electrons. The number of benzene rings is 1. The minimum absolute atomic E-state index is 0.0370. The van der Waals surface area contributed by atoms with Crippen molar-refractivity contribution >= 4 is 11.7 Å². The number of ether oxygens (including phenoxy) is 1. The van der Waals surface area contributed by atoms with E-state index in [0.717, 1.165) is 37.1 Å². The highest BCUT2D eigenvalue weighted by Crippen LogP contribution is 2.19. The smallest absolute Gasteiger partial charge is 0.319 e. The van der Waals surface area contributed by atoms with Crippen LogP contribution in [-0.2, 0) is 11.3 Å². The standard InChI is InChI=1S/C17H23N5O2/c1-2-14(16-8-5-9-24-16)20-17(23)21-15-7-4-3-6-13(15)10-22-12-18-11-19-22/h3-4,6-7,11-12,14,16H,2,5,8-10H2,1H3,(H2,20,21,23)/t14-,16-/m0/s1. The van der Waals surface area contributed by atoms with Crippen molar-refractivity contribution in [1.29, 1.82) is 0 Å². The monoisotopic (exact) mass is 329 g/mol. The van der Waals surface area contributed by atoms with Gasteiger partial charge in [-0.3, -0.25) is 0 Å². The number of urea groups is 1. The van der Waals surface area contributed by atoms with Crippen LogP contribution in [-0.4, -0.2) is 39.5 Å². The van der Waals surface area contributed by atoms with Crippen LogP contribution in [0.3, 0.4) is 0 Å². The molecular weight excluding hydrogens is 306 g/mol. The summed E-state index contributed by atoms with van der Waals surface area (Å²) in [7, 11) is 0. The first-order valence-corrected chi connectivity index (χ1v) is 8.35. The van der Waals surface area contributed by atoms with Gasteiger partial charge in [0.05, 0.1) is 18.7 Å². The van der Waals surface area contributed by atoms with E-state index in [-0.39, 0.29) is 18.2 Å². The normalized spacial score (nSPS) is 18.3. The lowest BCUT2D eigenvalue weighted by Crippen LogP contribution is -2.44. The molecule has 0 bridgehead atoms. The van der Waals surface area contributed by atoms with Gasteiger partial charge in [-0.15, -0.1) is 0 Å². The van der Waals surface area contributed by atoms with Crippen LogP contribution in [0.2, 0.25) is 0 Å². The molecule has 2 aromatic rings. The predicted molar refractivity (Wildman–Crippen MR) is 90.8 cm³/mol. The van der Waals surface area contributed by atoms with Crippen LogP contribution >= 0.6 is 0 Å². The molecule has 1 aromatic carbocycles. The summed E-state index contributed by atoms with van der Waals surface area (Å²) in [5.41, 5.74) is 1.75. The summed E-state index contributed by atoms with van der Waals surface area (Å²) in [6.07, 6.45) is 6.18. The quantitative estimate of drug-likeness (QED) is 0.853. The molecule has 3 rings (SSSR count). The zero-order valence-electron chi connectivity index (χ0n) is 13.8. The average molecular weight is 329 g/mol. The Bertz CT molecular complexity index is 653. The zero-order valence-corrected chi connectivity index (χ0v) is 13.8. The third-order valence-electron chi connectivity index (χ3n) is 4.23. The largest absolute Gasteiger partial charge is 0.376 e. The summed E-state index contributed by atoms with van der Waals surface area (Å²) in [5.74, 6) is 0. The maximum absolute atomic E-state index is 12.4. The fraction of sp³-hybridized carbons (Fsp3) is 0.471. The van der Waals surface area contributed by atoms with Crippen LogP contribution in [0.15, 0.2) is 36.9 Å². The fourth-order valence-corrected chi connectivity index (χ4v) is 2.97. The Balaban J connectivity index is 1.63. The van der Waals surface area contributed by atoms with E-state index in [9.17, 15) is 4.79 Å². The van der Waals surface area contributed by atoms with Crippen LogP contribution in [0.4, 0.5) is 10.5 Å². The summed E-state index contributed by atoms with van der Waals surface area (Å²) in [5, 5.41) is 10.1. The first kappa shape index (κ1) is 16.4. The summed E-state index contributed by atoms with van der Waals surface area (Å²) < 4.78 is 7.41. The van der Waals surface area contributed by atoms with Gasteiger partial charge in [0.15, 0.2) is 0 Å². The summed E-state index contributed by atoms with van der Waals surface area (Å²) in [4.78, 5) is 16.3. The van der Waals surface area contributed by atoms with Gasteiger partial charge in [-0.05, 0) is 30.9 Å². The Morgan fingerprint density at radius 3 is 3.04 bits per heavy atom. The summed E-state index contributed by atoms with van der Waals surface area (Å²) in [6.45, 7) is 3.40. The first-order chi connectivity index (χ1) is 11.8. The zero-order chi connectivity index (χ0) is 16.8. The van der Waals surface area contributed by atoms with Crippen molar-refractivity contribution in [3.05, 3.63) is 42.5 Å². The molecule has 2 heterocycles. The molecule has 2 amide bonds. The molecule has 1 aromatic heterocycles. The number of nitrogens with one attached hydrogen (secondary N) is 2. The molecule has 0 unspecified atom stereocenters. The Hall–Kier alpha value is -2.41. The second-order valence-electron chi connectivity index (χ2n) is 5.91. The maximum atomic E-state index is 12.4. The first-order valence-electron chi connectivity index (χ1n) is 8.35. The lowest BCUT2D eigenvalue weighted by Gasteiger charge is -2.23. The number of anilines is 1. The molecule has 1 fully saturated rings. The van der Waals surface area contributed by atoms with Crippen molar-refractivity contribution in [3.63, 3.8) is 0 Å². The van der Waals surface area contributed by atoms with Gasteiger partial charge in [-0.2, -0.15) is 5.10 Å². The second kappa shape index (κ2) is 7.92. The van der Waals surface area contributed by atoms with Gasteiger partial charge in [-0.25, -0.2) is 14.5 Å². The number of hydrogen-bond donors (Lipinski definition) is 2. The minimum Gasteiger partial charge on any atom is -0.376 e. The number of carbonyl (C=O) groups excluding carboxylic acids is 1. The molecule has 2 N–H and O–H groups in total. The lowest BCUT2D eigenvalue weighted by molar-refractivity contribution is 0.0804. The number of nitrogens with zero attached hydrogens (tertiary/aromatic N) is 3. The van der Waals surface area contributed by atoms with E-state index >= 15 is 0 Å². The predicted octanol–water partition coefficient (Wildman–Crippen LogP) is 2.41. The highest BCUT2D eigenvalue weighted by molar-refractivity contribution is 5.90. The molecule has 1 aliphatic rings. The summed E-state index contributed by atoms with van der Waals surface area (Å²) >= 11 is 0. The third-order valence-corrected chi connectivity index (χ3v) is 4.23. The lowest BCUT2D eigenvalue weighted by atomic mass is 10.1. The topological polar surface area (TPSA) is 81.1 Å². The van der Waals surface area contributed by atoms with Crippen molar-refractivity contribution in [3.8, 4) is 0 Å². The van der Waals surface area contributed by atoms with Crippen LogP contribution < -0.4 is 10.6 Å². The van der Waals surface area contributed by atoms with E-state index in [0.29, 0.717) is 6.54 Å². The number of aromatic nitrogens is 3. The molecule has 0 aliphatic carbocycles. The molecule has 0 spiro atoms. The van der Waals surface area contributed by atoms with Crippen LogP contribution in [0.25, 0.3) is 0 Å². The number of amides is 2. The molecule has 24 heavy (non-hydrogen) atoms. The van der Waals surface area contributed by atoms with Crippen molar-refractivity contribution < 1.29 is 9.53 Å². The Morgan fingerprint density at radius 2 is 2.33 bits per heavy atom. The Labute approximate surface area is 141 Å². The number of hydrogen-bond acceptors (Lipinski definition) is 4. The Kier molecular flexibility index (Phi) is 5.43. The van der Waals surface area contributed by atoms with E-state index in [4.69, 9.17) is 4.74 Å². The van der Waals surface area contributed by atoms with Crippen molar-refractivity contribution in [2.24, 2.45) is 0 Å². The SMILES string of the molecule is CC[C@H](NC(=O)Nc1ccccc1Cn1cncn1)[C@@H]1CCCO1. The highest BCUT2D eigenvalue weighted by atomic mass is 16.5. The van der Waals surface area contributed by atoms with E-state index < -0.39 is 0 Å². The van der Waals surface area contributed by atoms with E-state index in [1.165, 1.54) is 6.33 Å². The number of rotatable bonds is 6. The average Bonchev–Trinajstić information content (AvgIpc) is 3.28. The molecule has 1 aliphatic heterocycles. The van der Waals surface area contributed by atoms with Gasteiger partial charge in [-0.1, -0.05) is 25.1 Å². The molecular formula is C17H23N5O2. The fourth-order valence-electron chi connectivity index (χ4n) is 2.97. The molecule has 0 saturated carbocycles. The number of carbonyl (C=O) groups is 1. The van der Waals surface area contributed by atoms with Gasteiger partial charge < -0.3 is 15.4 Å². The molecule has 1 saturated heterocycles. The minimum atomic E-state index is -0.205. The highest BCUT2D eigenvalue weighted by Gasteiger charge is 2.26. The molecule has 128 valence electrons. The van der Waals surface area contributed by atoms with Crippen molar-refractivity contribution in [2.45, 2.75) is 44.9 Å². The van der Waals surface area contributed by atoms with Gasteiger partial charge in [0.25, 0.3) is 0 Å². The third kappa shape index (κ3) is 4.11. The van der Waals surface area contributed by atoms with Crippen LogP contribution in [0.5, 0.6) is 0 Å². The van der Waals surface area contributed by atoms with Gasteiger partial charge in [0.1, 0.15) is 12.7 Å². The second-order valence-corrected chi connectivity index (χ2v) is 5.91. The Morgan fingerprint density at radius 1 is 1.46 bits per heavy atom. The molecule has 7 nitrogen and oxygen atoms in total. The summed E-state index contributed by atoms with van der Waals surface area (Å²) in [6, 6.07) is 7.53. The van der Waals surface area contributed by atoms with E-state index in [2.05, 4.69) is 27.6 Å². The van der Waals surface area contributed by atoms with Gasteiger partial charge in [0, 0.05) is 12.3 Å². The van der Waals surface area contributed by atoms with Crippen molar-refractivity contribution in [2.75, 3.05) is 11.9 Å². The molecule has 7 heteroatoms. The number of para-hydroxylation sites is 1. The van der Waals surface area contributed by atoms with Gasteiger partial charge >= 0.3 is 6.03 Å².